The summed E-state index contributed by atoms with van der Waals surface area (Å²) in [5.41, 5.74) is 5.27. The zero-order valence-electron chi connectivity index (χ0n) is 12.5. The zero-order chi connectivity index (χ0) is 15.6. The van der Waals surface area contributed by atoms with Crippen LogP contribution in [0.25, 0.3) is 21.8 Å². The minimum absolute atomic E-state index is 0.102. The number of amides is 1. The van der Waals surface area contributed by atoms with Crippen LogP contribution in [0.15, 0.2) is 48.1 Å². The summed E-state index contributed by atoms with van der Waals surface area (Å²) in [6.45, 7) is 0. The van der Waals surface area contributed by atoms with Crippen LogP contribution in [-0.4, -0.2) is 15.9 Å². The summed E-state index contributed by atoms with van der Waals surface area (Å²) >= 11 is 1.63. The van der Waals surface area contributed by atoms with Gasteiger partial charge >= 0.3 is 0 Å². The van der Waals surface area contributed by atoms with Gasteiger partial charge in [-0.25, -0.2) is 4.98 Å². The first-order valence-electron chi connectivity index (χ1n) is 7.59. The van der Waals surface area contributed by atoms with E-state index in [4.69, 9.17) is 4.98 Å². The molecule has 0 saturated heterocycles. The SMILES string of the molecule is O=C1CCCc2cc(-c3csc(-c4ccncc4)n3)ccc2N1. The molecule has 0 spiro atoms. The Morgan fingerprint density at radius 1 is 1.04 bits per heavy atom. The van der Waals surface area contributed by atoms with E-state index in [0.717, 1.165) is 40.4 Å². The number of anilines is 1. The number of nitrogens with one attached hydrogen (secondary N) is 1. The number of thiazole rings is 1. The van der Waals surface area contributed by atoms with Crippen LogP contribution in [0.3, 0.4) is 0 Å². The Kier molecular flexibility index (Phi) is 3.63. The molecule has 114 valence electrons. The van der Waals surface area contributed by atoms with Gasteiger partial charge in [-0.1, -0.05) is 6.07 Å². The van der Waals surface area contributed by atoms with E-state index in [1.807, 2.05) is 24.3 Å². The number of rotatable bonds is 2. The number of aryl methyl sites for hydroxylation is 1. The monoisotopic (exact) mass is 321 g/mol. The first kappa shape index (κ1) is 14.1. The highest BCUT2D eigenvalue weighted by Crippen LogP contribution is 2.31. The minimum Gasteiger partial charge on any atom is -0.326 e. The molecule has 0 saturated carbocycles. The van der Waals surface area contributed by atoms with Gasteiger partial charge in [0.05, 0.1) is 5.69 Å². The third-order valence-electron chi connectivity index (χ3n) is 3.96. The van der Waals surface area contributed by atoms with Crippen LogP contribution in [0.5, 0.6) is 0 Å². The lowest BCUT2D eigenvalue weighted by atomic mass is 10.0. The smallest absolute Gasteiger partial charge is 0.224 e. The molecule has 5 heteroatoms. The lowest BCUT2D eigenvalue weighted by molar-refractivity contribution is -0.116. The van der Waals surface area contributed by atoms with Crippen molar-refractivity contribution in [2.75, 3.05) is 5.32 Å². The molecule has 0 fully saturated rings. The first-order valence-corrected chi connectivity index (χ1v) is 8.47. The molecule has 3 aromatic rings. The van der Waals surface area contributed by atoms with Gasteiger partial charge in [-0.2, -0.15) is 0 Å². The highest BCUT2D eigenvalue weighted by Gasteiger charge is 2.14. The molecule has 1 aromatic carbocycles. The summed E-state index contributed by atoms with van der Waals surface area (Å²) in [6.07, 6.45) is 5.96. The standard InChI is InChI=1S/C18H15N3OS/c22-17-3-1-2-13-10-14(4-5-15(13)20-17)16-11-23-18(21-16)12-6-8-19-9-7-12/h4-11H,1-3H2,(H,20,22). The van der Waals surface area contributed by atoms with Gasteiger partial charge in [-0.05, 0) is 42.7 Å². The number of hydrogen-bond acceptors (Lipinski definition) is 4. The van der Waals surface area contributed by atoms with Crippen LogP contribution in [-0.2, 0) is 11.2 Å². The average molecular weight is 321 g/mol. The van der Waals surface area contributed by atoms with Crippen LogP contribution < -0.4 is 5.32 Å². The van der Waals surface area contributed by atoms with E-state index in [9.17, 15) is 4.79 Å². The van der Waals surface area contributed by atoms with Gasteiger partial charge < -0.3 is 5.32 Å². The molecular formula is C18H15N3OS. The van der Waals surface area contributed by atoms with Crippen molar-refractivity contribution in [1.29, 1.82) is 0 Å². The number of carbonyl (C=O) groups is 1. The Balaban J connectivity index is 1.68. The first-order chi connectivity index (χ1) is 11.3. The van der Waals surface area contributed by atoms with Gasteiger partial charge in [-0.3, -0.25) is 9.78 Å². The molecule has 0 unspecified atom stereocenters. The van der Waals surface area contributed by atoms with Crippen LogP contribution in [0.4, 0.5) is 5.69 Å². The van der Waals surface area contributed by atoms with Crippen LogP contribution >= 0.6 is 11.3 Å². The normalized spacial score (nSPS) is 14.0. The summed E-state index contributed by atoms with van der Waals surface area (Å²) in [5.74, 6) is 0.102. The zero-order valence-corrected chi connectivity index (χ0v) is 13.3. The maximum atomic E-state index is 11.6. The lowest BCUT2D eigenvalue weighted by Crippen LogP contribution is -2.09. The molecule has 2 aromatic heterocycles. The van der Waals surface area contributed by atoms with Crippen LogP contribution in [0, 0.1) is 0 Å². The molecule has 1 aliphatic rings. The fourth-order valence-corrected chi connectivity index (χ4v) is 3.60. The van der Waals surface area contributed by atoms with Gasteiger partial charge in [-0.15, -0.1) is 11.3 Å². The van der Waals surface area contributed by atoms with Crippen molar-refractivity contribution >= 4 is 22.9 Å². The predicted molar refractivity (Wildman–Crippen MR) is 92.3 cm³/mol. The Morgan fingerprint density at radius 3 is 2.78 bits per heavy atom. The lowest BCUT2D eigenvalue weighted by Gasteiger charge is -2.08. The van der Waals surface area contributed by atoms with Gasteiger partial charge in [0.15, 0.2) is 0 Å². The molecule has 1 amide bonds. The van der Waals surface area contributed by atoms with E-state index >= 15 is 0 Å². The number of pyridine rings is 1. The number of carbonyl (C=O) groups excluding carboxylic acids is 1. The number of hydrogen-bond donors (Lipinski definition) is 1. The number of fused-ring (bicyclic) bond motifs is 1. The molecule has 1 N–H and O–H groups in total. The Labute approximate surface area is 138 Å². The largest absolute Gasteiger partial charge is 0.326 e. The van der Waals surface area contributed by atoms with Crippen molar-refractivity contribution in [2.45, 2.75) is 19.3 Å². The summed E-state index contributed by atoms with van der Waals surface area (Å²) in [6, 6.07) is 10.1. The topological polar surface area (TPSA) is 54.9 Å². The summed E-state index contributed by atoms with van der Waals surface area (Å²) in [5, 5.41) is 6.04. The van der Waals surface area contributed by atoms with Gasteiger partial charge in [0.2, 0.25) is 5.91 Å². The molecule has 23 heavy (non-hydrogen) atoms. The summed E-state index contributed by atoms with van der Waals surface area (Å²) in [4.78, 5) is 20.4. The Hall–Kier alpha value is -2.53. The molecule has 0 radical (unpaired) electrons. The number of nitrogens with zero attached hydrogens (tertiary/aromatic N) is 2. The van der Waals surface area contributed by atoms with E-state index in [2.05, 4.69) is 21.7 Å². The van der Waals surface area contributed by atoms with Crippen molar-refractivity contribution in [3.05, 3.63) is 53.7 Å². The van der Waals surface area contributed by atoms with Gasteiger partial charge in [0, 0.05) is 41.0 Å². The van der Waals surface area contributed by atoms with Crippen molar-refractivity contribution in [2.24, 2.45) is 0 Å². The van der Waals surface area contributed by atoms with E-state index < -0.39 is 0 Å². The van der Waals surface area contributed by atoms with Gasteiger partial charge in [0.1, 0.15) is 5.01 Å². The highest BCUT2D eigenvalue weighted by atomic mass is 32.1. The van der Waals surface area contributed by atoms with E-state index in [-0.39, 0.29) is 5.91 Å². The maximum Gasteiger partial charge on any atom is 0.224 e. The molecule has 3 heterocycles. The molecule has 1 aliphatic heterocycles. The second-order valence-corrected chi connectivity index (χ2v) is 6.41. The molecule has 0 atom stereocenters. The van der Waals surface area contributed by atoms with Crippen molar-refractivity contribution in [1.82, 2.24) is 9.97 Å². The van der Waals surface area contributed by atoms with Gasteiger partial charge in [0.25, 0.3) is 0 Å². The second kappa shape index (κ2) is 5.93. The predicted octanol–water partition coefficient (Wildman–Crippen LogP) is 4.15. The van der Waals surface area contributed by atoms with E-state index in [0.29, 0.717) is 6.42 Å². The summed E-state index contributed by atoms with van der Waals surface area (Å²) < 4.78 is 0. The quantitative estimate of drug-likeness (QED) is 0.771. The number of aromatic nitrogens is 2. The summed E-state index contributed by atoms with van der Waals surface area (Å²) in [7, 11) is 0. The fraction of sp³-hybridized carbons (Fsp3) is 0.167. The third kappa shape index (κ3) is 2.87. The molecule has 0 bridgehead atoms. The van der Waals surface area contributed by atoms with Crippen LogP contribution in [0.2, 0.25) is 0 Å². The maximum absolute atomic E-state index is 11.6. The fourth-order valence-electron chi connectivity index (χ4n) is 2.77. The highest BCUT2D eigenvalue weighted by molar-refractivity contribution is 7.13. The average Bonchev–Trinajstić information content (AvgIpc) is 2.99. The van der Waals surface area contributed by atoms with Crippen LogP contribution in [0.1, 0.15) is 18.4 Å². The molecule has 0 aliphatic carbocycles. The molecule has 4 nitrogen and oxygen atoms in total. The molecular weight excluding hydrogens is 306 g/mol. The van der Waals surface area contributed by atoms with E-state index in [1.165, 1.54) is 5.56 Å². The number of benzene rings is 1. The van der Waals surface area contributed by atoms with Crippen molar-refractivity contribution < 1.29 is 4.79 Å². The van der Waals surface area contributed by atoms with Crippen molar-refractivity contribution in [3.63, 3.8) is 0 Å². The minimum atomic E-state index is 0.102. The Bertz CT molecular complexity index is 858. The van der Waals surface area contributed by atoms with E-state index in [1.54, 1.807) is 23.7 Å². The molecule has 4 rings (SSSR count). The second-order valence-electron chi connectivity index (χ2n) is 5.55. The Morgan fingerprint density at radius 2 is 1.91 bits per heavy atom. The van der Waals surface area contributed by atoms with Crippen molar-refractivity contribution in [3.8, 4) is 21.8 Å². The third-order valence-corrected chi connectivity index (χ3v) is 4.85.